The van der Waals surface area contributed by atoms with E-state index in [-0.39, 0.29) is 5.54 Å². The van der Waals surface area contributed by atoms with Gasteiger partial charge in [-0.15, -0.1) is 6.42 Å². The molecule has 70 heavy (non-hydrogen) atoms. The number of aryl methyl sites for hydroxylation is 4. The summed E-state index contributed by atoms with van der Waals surface area (Å²) in [5, 5.41) is 2.67. The average molecular weight is 911 g/mol. The molecule has 3 aliphatic carbocycles. The Hall–Kier alpha value is -7.74. The summed E-state index contributed by atoms with van der Waals surface area (Å²) in [6.07, 6.45) is 31.8. The lowest BCUT2D eigenvalue weighted by atomic mass is 9.93. The van der Waals surface area contributed by atoms with Crippen molar-refractivity contribution in [3.8, 4) is 23.5 Å². The molecule has 346 valence electrons. The summed E-state index contributed by atoms with van der Waals surface area (Å²) in [6.45, 7) is 11.2. The zero-order valence-electron chi connectivity index (χ0n) is 41.3. The van der Waals surface area contributed by atoms with E-state index in [2.05, 4.69) is 235 Å². The van der Waals surface area contributed by atoms with Gasteiger partial charge in [0.05, 0.1) is 5.52 Å². The van der Waals surface area contributed by atoms with Crippen LogP contribution in [0.15, 0.2) is 175 Å². The standard InChI is InChI=1S/C66H62N4/c1-7-9-15-42-66(5,6)70-63-19-14-13-18-58(63)61-45-57(38-41-64(61)70)68(53-31-22-47(4)23-32-53)55-35-27-50(28-36-55)49-25-33-54(34-26-49)67(52-29-20-46(3)21-30-52)56-37-40-62-60(44-56)59-39-24-48(8-2)43-65(59)69(62)51-16-11-10-12-17-51/h1,9-11,14-16,19-23,25-38,40-41,43-45H,8,12-13,17-18,24,39,42H2,2-6H3/b15-9-. The third-order valence-electron chi connectivity index (χ3n) is 14.9. The molecule has 6 aromatic carbocycles. The van der Waals surface area contributed by atoms with E-state index in [1.54, 1.807) is 0 Å². The lowest BCUT2D eigenvalue weighted by Crippen LogP contribution is -2.26. The number of benzene rings is 6. The fraction of sp³-hybridized carbons (Fsp3) is 0.212. The maximum absolute atomic E-state index is 5.61. The molecule has 0 saturated heterocycles. The molecule has 0 amide bonds. The average Bonchev–Trinajstić information content (AvgIpc) is 3.91. The smallest absolute Gasteiger partial charge is 0.0535 e. The Labute approximate surface area is 414 Å². The van der Waals surface area contributed by atoms with Crippen molar-refractivity contribution >= 4 is 73.8 Å². The minimum absolute atomic E-state index is 0.158. The Morgan fingerprint density at radius 3 is 1.69 bits per heavy atom. The molecule has 0 unspecified atom stereocenters. The van der Waals surface area contributed by atoms with E-state index in [1.165, 1.54) is 83.5 Å². The highest BCUT2D eigenvalue weighted by molar-refractivity contribution is 5.97. The van der Waals surface area contributed by atoms with Crippen LogP contribution in [0.1, 0.15) is 92.9 Å². The molecule has 0 fully saturated rings. The van der Waals surface area contributed by atoms with E-state index < -0.39 is 0 Å². The van der Waals surface area contributed by atoms with Gasteiger partial charge in [0.15, 0.2) is 0 Å². The summed E-state index contributed by atoms with van der Waals surface area (Å²) in [4.78, 5) is 4.82. The molecule has 4 nitrogen and oxygen atoms in total. The Morgan fingerprint density at radius 1 is 0.600 bits per heavy atom. The maximum Gasteiger partial charge on any atom is 0.0535 e. The van der Waals surface area contributed by atoms with Gasteiger partial charge in [0.25, 0.3) is 0 Å². The minimum Gasteiger partial charge on any atom is -0.335 e. The molecule has 2 heterocycles. The Morgan fingerprint density at radius 2 is 1.13 bits per heavy atom. The molecule has 0 aliphatic heterocycles. The lowest BCUT2D eigenvalue weighted by molar-refractivity contribution is 0.369. The van der Waals surface area contributed by atoms with Crippen molar-refractivity contribution in [2.45, 2.75) is 91.5 Å². The van der Waals surface area contributed by atoms with E-state index >= 15 is 0 Å². The van der Waals surface area contributed by atoms with Gasteiger partial charge < -0.3 is 18.9 Å². The molecular weight excluding hydrogens is 849 g/mol. The number of aromatic nitrogens is 2. The zero-order valence-corrected chi connectivity index (χ0v) is 41.3. The monoisotopic (exact) mass is 910 g/mol. The van der Waals surface area contributed by atoms with Crippen molar-refractivity contribution in [2.75, 3.05) is 9.80 Å². The van der Waals surface area contributed by atoms with Crippen LogP contribution in [0.4, 0.5) is 34.1 Å². The van der Waals surface area contributed by atoms with Crippen LogP contribution in [0.3, 0.4) is 0 Å². The number of fused-ring (bicyclic) bond motifs is 6. The molecule has 0 radical (unpaired) electrons. The van der Waals surface area contributed by atoms with Crippen LogP contribution in [-0.4, -0.2) is 9.13 Å². The van der Waals surface area contributed by atoms with E-state index in [9.17, 15) is 0 Å². The van der Waals surface area contributed by atoms with E-state index in [4.69, 9.17) is 6.42 Å². The number of rotatable bonds is 12. The predicted molar refractivity (Wildman–Crippen MR) is 300 cm³/mol. The maximum atomic E-state index is 5.61. The van der Waals surface area contributed by atoms with Crippen molar-refractivity contribution in [1.82, 2.24) is 9.13 Å². The van der Waals surface area contributed by atoms with Gasteiger partial charge >= 0.3 is 0 Å². The van der Waals surface area contributed by atoms with Gasteiger partial charge in [0.2, 0.25) is 0 Å². The highest BCUT2D eigenvalue weighted by Crippen LogP contribution is 2.45. The summed E-state index contributed by atoms with van der Waals surface area (Å²) < 4.78 is 5.08. The molecule has 8 aromatic rings. The topological polar surface area (TPSA) is 16.3 Å². The summed E-state index contributed by atoms with van der Waals surface area (Å²) >= 11 is 0. The molecule has 0 bridgehead atoms. The van der Waals surface area contributed by atoms with Crippen LogP contribution >= 0.6 is 0 Å². The number of hydrogen-bond acceptors (Lipinski definition) is 2. The summed E-state index contributed by atoms with van der Waals surface area (Å²) in [6, 6.07) is 50.2. The van der Waals surface area contributed by atoms with Crippen molar-refractivity contribution in [2.24, 2.45) is 0 Å². The SMILES string of the molecule is C#C/C=C\CC(C)(C)n1c2c(c3cc(N(c4ccc(C)cc4)c4ccc(-c5ccc(N(c6ccc(C)cc6)c6ccc7c(c6)c6c(n7C7=CC=CCC7)C=C(CC)CC6)cc5)cc4)ccc31)CCC=C2. The quantitative estimate of drug-likeness (QED) is 0.114. The van der Waals surface area contributed by atoms with Gasteiger partial charge in [-0.1, -0.05) is 102 Å². The minimum atomic E-state index is -0.158. The summed E-state index contributed by atoms with van der Waals surface area (Å²) in [5.74, 6) is 2.68. The van der Waals surface area contributed by atoms with E-state index in [1.807, 2.05) is 6.08 Å². The van der Waals surface area contributed by atoms with Gasteiger partial charge in [0.1, 0.15) is 0 Å². The van der Waals surface area contributed by atoms with Crippen LogP contribution in [0.2, 0.25) is 0 Å². The first-order valence-electron chi connectivity index (χ1n) is 25.3. The summed E-state index contributed by atoms with van der Waals surface area (Å²) in [5.41, 5.74) is 22.6. The van der Waals surface area contributed by atoms with Gasteiger partial charge in [-0.05, 0) is 211 Å². The number of nitrogens with zero attached hydrogens (tertiary/aromatic N) is 4. The second-order valence-electron chi connectivity index (χ2n) is 20.0. The van der Waals surface area contributed by atoms with Crippen molar-refractivity contribution in [3.63, 3.8) is 0 Å². The van der Waals surface area contributed by atoms with E-state index in [0.717, 1.165) is 79.8 Å². The molecule has 2 aromatic heterocycles. The third kappa shape index (κ3) is 8.24. The van der Waals surface area contributed by atoms with Gasteiger partial charge in [-0.2, -0.15) is 0 Å². The molecule has 0 spiro atoms. The Balaban J connectivity index is 0.947. The van der Waals surface area contributed by atoms with Crippen LogP contribution in [0.25, 0.3) is 50.8 Å². The van der Waals surface area contributed by atoms with Gasteiger partial charge in [-0.3, -0.25) is 0 Å². The molecule has 0 N–H and O–H groups in total. The fourth-order valence-electron chi connectivity index (χ4n) is 11.2. The van der Waals surface area contributed by atoms with Crippen LogP contribution < -0.4 is 9.80 Å². The first kappa shape index (κ1) is 44.7. The lowest BCUT2D eigenvalue weighted by Gasteiger charge is -2.30. The largest absolute Gasteiger partial charge is 0.335 e. The molecular formula is C66H62N4. The fourth-order valence-corrected chi connectivity index (χ4v) is 11.2. The predicted octanol–water partition coefficient (Wildman–Crippen LogP) is 18.0. The molecule has 3 aliphatic rings. The second kappa shape index (κ2) is 18.6. The van der Waals surface area contributed by atoms with Crippen LogP contribution in [-0.2, 0) is 18.4 Å². The molecule has 4 heteroatoms. The Kier molecular flexibility index (Phi) is 11.9. The summed E-state index contributed by atoms with van der Waals surface area (Å²) in [7, 11) is 0. The third-order valence-corrected chi connectivity index (χ3v) is 14.9. The number of terminal acetylenes is 1. The number of anilines is 6. The normalized spacial score (nSPS) is 14.4. The molecule has 11 rings (SSSR count). The number of allylic oxidation sites excluding steroid dienone is 8. The first-order valence-corrected chi connectivity index (χ1v) is 25.3. The van der Waals surface area contributed by atoms with E-state index in [0.29, 0.717) is 0 Å². The van der Waals surface area contributed by atoms with Crippen molar-refractivity contribution < 1.29 is 0 Å². The van der Waals surface area contributed by atoms with Crippen LogP contribution in [0.5, 0.6) is 0 Å². The van der Waals surface area contributed by atoms with Crippen molar-refractivity contribution in [1.29, 1.82) is 0 Å². The van der Waals surface area contributed by atoms with Gasteiger partial charge in [-0.25, -0.2) is 0 Å². The molecule has 0 atom stereocenters. The van der Waals surface area contributed by atoms with Crippen LogP contribution in [0, 0.1) is 26.2 Å². The number of hydrogen-bond donors (Lipinski definition) is 0. The highest BCUT2D eigenvalue weighted by atomic mass is 15.2. The highest BCUT2D eigenvalue weighted by Gasteiger charge is 2.29. The zero-order chi connectivity index (χ0) is 47.9. The van der Waals surface area contributed by atoms with Gasteiger partial charge in [0, 0.05) is 73.0 Å². The Bertz CT molecular complexity index is 3460. The van der Waals surface area contributed by atoms with Crippen molar-refractivity contribution in [3.05, 3.63) is 209 Å². The molecule has 0 saturated carbocycles. The first-order chi connectivity index (χ1) is 34.2. The second-order valence-corrected chi connectivity index (χ2v) is 20.0.